The number of amides is 1. The van der Waals surface area contributed by atoms with Gasteiger partial charge in [0.15, 0.2) is 0 Å². The van der Waals surface area contributed by atoms with Gasteiger partial charge in [-0.25, -0.2) is 4.98 Å². The highest BCUT2D eigenvalue weighted by Crippen LogP contribution is 2.41. The molecule has 1 unspecified atom stereocenters. The molecular weight excluding hydrogens is 338 g/mol. The Morgan fingerprint density at radius 2 is 2.00 bits per heavy atom. The van der Waals surface area contributed by atoms with Gasteiger partial charge in [0.05, 0.1) is 23.1 Å². The fraction of sp³-hybridized carbons (Fsp3) is 0.381. The van der Waals surface area contributed by atoms with Crippen molar-refractivity contribution in [2.45, 2.75) is 44.2 Å². The van der Waals surface area contributed by atoms with Gasteiger partial charge < -0.3 is 9.88 Å². The second kappa shape index (κ2) is 6.37. The molecule has 3 heterocycles. The van der Waals surface area contributed by atoms with Crippen LogP contribution >= 0.6 is 0 Å². The number of imidazole rings is 1. The van der Waals surface area contributed by atoms with Crippen LogP contribution in [0.5, 0.6) is 0 Å². The molecule has 6 nitrogen and oxygen atoms in total. The highest BCUT2D eigenvalue weighted by atomic mass is 16.1. The fourth-order valence-electron chi connectivity index (χ4n) is 4.04. The Labute approximate surface area is 158 Å². The summed E-state index contributed by atoms with van der Waals surface area (Å²) in [6, 6.07) is 10.4. The summed E-state index contributed by atoms with van der Waals surface area (Å²) in [5.74, 6) is 1.60. The van der Waals surface area contributed by atoms with Crippen LogP contribution in [0.15, 0.2) is 42.7 Å². The summed E-state index contributed by atoms with van der Waals surface area (Å²) in [5.41, 5.74) is 3.95. The van der Waals surface area contributed by atoms with Crippen LogP contribution in [-0.4, -0.2) is 31.3 Å². The number of hydrogen-bond acceptors (Lipinski definition) is 3. The van der Waals surface area contributed by atoms with E-state index in [2.05, 4.69) is 33.3 Å². The Kier molecular flexibility index (Phi) is 3.85. The zero-order valence-corrected chi connectivity index (χ0v) is 15.4. The minimum atomic E-state index is 0.00171. The van der Waals surface area contributed by atoms with Gasteiger partial charge in [-0.2, -0.15) is 5.10 Å². The molecule has 1 N–H and O–H groups in total. The summed E-state index contributed by atoms with van der Waals surface area (Å²) in [5, 5.41) is 7.53. The number of aryl methyl sites for hydroxylation is 2. The molecule has 3 aromatic rings. The van der Waals surface area contributed by atoms with Crippen molar-refractivity contribution in [3.05, 3.63) is 59.8 Å². The number of nitrogens with zero attached hydrogens (tertiary/aromatic N) is 4. The van der Waals surface area contributed by atoms with Gasteiger partial charge in [-0.05, 0) is 19.3 Å². The standard InChI is InChI=1S/C21H23N5O/c1-25-20(15-7-8-15)17(11-22-25)21(27)23-16-9-10-19-24-18(13-26(19)12-16)14-5-3-2-4-6-14/h2-6,11,13,15-16H,7-10,12H2,1H3,(H,23,27). The number of fused-ring (bicyclic) bond motifs is 1. The van der Waals surface area contributed by atoms with E-state index >= 15 is 0 Å². The second-order valence-electron chi connectivity index (χ2n) is 7.61. The number of carbonyl (C=O) groups excluding carboxylic acids is 1. The summed E-state index contributed by atoms with van der Waals surface area (Å²) in [7, 11) is 1.92. The third-order valence-electron chi connectivity index (χ3n) is 5.59. The van der Waals surface area contributed by atoms with Crippen LogP contribution in [0.4, 0.5) is 0 Å². The van der Waals surface area contributed by atoms with Crippen LogP contribution in [0.25, 0.3) is 11.3 Å². The average Bonchev–Trinajstić information content (AvgIpc) is 3.30. The van der Waals surface area contributed by atoms with E-state index in [-0.39, 0.29) is 11.9 Å². The molecule has 0 bridgehead atoms. The minimum Gasteiger partial charge on any atom is -0.347 e. The molecule has 0 spiro atoms. The highest BCUT2D eigenvalue weighted by molar-refractivity contribution is 5.95. The van der Waals surface area contributed by atoms with Crippen molar-refractivity contribution in [1.29, 1.82) is 0 Å². The van der Waals surface area contributed by atoms with Gasteiger partial charge in [-0.3, -0.25) is 9.48 Å². The van der Waals surface area contributed by atoms with Gasteiger partial charge in [0, 0.05) is 43.7 Å². The molecule has 1 atom stereocenters. The lowest BCUT2D eigenvalue weighted by Gasteiger charge is -2.24. The van der Waals surface area contributed by atoms with E-state index < -0.39 is 0 Å². The van der Waals surface area contributed by atoms with Crippen LogP contribution < -0.4 is 5.32 Å². The molecule has 27 heavy (non-hydrogen) atoms. The molecular formula is C21H23N5O. The maximum absolute atomic E-state index is 12.8. The average molecular weight is 361 g/mol. The predicted octanol–water partition coefficient (Wildman–Crippen LogP) is 2.91. The molecule has 1 aliphatic heterocycles. The number of nitrogens with one attached hydrogen (secondary N) is 1. The van der Waals surface area contributed by atoms with Crippen molar-refractivity contribution >= 4 is 5.91 Å². The van der Waals surface area contributed by atoms with E-state index in [0.29, 0.717) is 5.92 Å². The Morgan fingerprint density at radius 1 is 1.19 bits per heavy atom. The van der Waals surface area contributed by atoms with Gasteiger partial charge in [0.25, 0.3) is 5.91 Å². The topological polar surface area (TPSA) is 64.7 Å². The largest absolute Gasteiger partial charge is 0.347 e. The quantitative estimate of drug-likeness (QED) is 0.777. The molecule has 1 saturated carbocycles. The third kappa shape index (κ3) is 3.05. The summed E-state index contributed by atoms with van der Waals surface area (Å²) in [6.07, 6.45) is 7.91. The molecule has 0 saturated heterocycles. The minimum absolute atomic E-state index is 0.00171. The summed E-state index contributed by atoms with van der Waals surface area (Å²) in [4.78, 5) is 17.6. The second-order valence-corrected chi connectivity index (χ2v) is 7.61. The Morgan fingerprint density at radius 3 is 2.78 bits per heavy atom. The molecule has 2 aromatic heterocycles. The van der Waals surface area contributed by atoms with Gasteiger partial charge in [-0.15, -0.1) is 0 Å². The Bertz CT molecular complexity index is 983. The van der Waals surface area contributed by atoms with E-state index in [0.717, 1.165) is 60.6 Å². The van der Waals surface area contributed by atoms with Crippen molar-refractivity contribution in [2.75, 3.05) is 0 Å². The number of aromatic nitrogens is 4. The smallest absolute Gasteiger partial charge is 0.255 e. The van der Waals surface area contributed by atoms with E-state index in [1.54, 1.807) is 6.20 Å². The van der Waals surface area contributed by atoms with E-state index in [1.165, 1.54) is 0 Å². The van der Waals surface area contributed by atoms with Crippen LogP contribution in [0, 0.1) is 0 Å². The first-order valence-electron chi connectivity index (χ1n) is 9.63. The summed E-state index contributed by atoms with van der Waals surface area (Å²) >= 11 is 0. The normalized spacial score (nSPS) is 18.9. The van der Waals surface area contributed by atoms with Crippen molar-refractivity contribution in [3.63, 3.8) is 0 Å². The van der Waals surface area contributed by atoms with E-state index in [4.69, 9.17) is 4.98 Å². The molecule has 138 valence electrons. The van der Waals surface area contributed by atoms with E-state index in [1.807, 2.05) is 29.9 Å². The maximum Gasteiger partial charge on any atom is 0.255 e. The lowest BCUT2D eigenvalue weighted by Crippen LogP contribution is -2.41. The maximum atomic E-state index is 12.8. The van der Waals surface area contributed by atoms with Crippen LogP contribution in [0.1, 0.15) is 47.1 Å². The zero-order chi connectivity index (χ0) is 18.4. The molecule has 1 fully saturated rings. The monoisotopic (exact) mass is 361 g/mol. The Hall–Kier alpha value is -2.89. The Balaban J connectivity index is 1.31. The highest BCUT2D eigenvalue weighted by Gasteiger charge is 2.32. The van der Waals surface area contributed by atoms with Crippen molar-refractivity contribution < 1.29 is 4.79 Å². The lowest BCUT2D eigenvalue weighted by molar-refractivity contribution is 0.0926. The summed E-state index contributed by atoms with van der Waals surface area (Å²) in [6.45, 7) is 0.764. The molecule has 1 aromatic carbocycles. The zero-order valence-electron chi connectivity index (χ0n) is 15.4. The summed E-state index contributed by atoms with van der Waals surface area (Å²) < 4.78 is 4.04. The fourth-order valence-corrected chi connectivity index (χ4v) is 4.04. The van der Waals surface area contributed by atoms with Gasteiger partial charge in [0.1, 0.15) is 5.82 Å². The van der Waals surface area contributed by atoms with Crippen LogP contribution in [0.3, 0.4) is 0 Å². The SMILES string of the molecule is Cn1ncc(C(=O)NC2CCc3nc(-c4ccccc4)cn3C2)c1C1CC1. The van der Waals surface area contributed by atoms with Gasteiger partial charge in [-0.1, -0.05) is 30.3 Å². The number of rotatable bonds is 4. The molecule has 0 radical (unpaired) electrons. The van der Waals surface area contributed by atoms with Crippen LogP contribution in [0.2, 0.25) is 0 Å². The molecule has 1 aliphatic carbocycles. The number of carbonyl (C=O) groups is 1. The first kappa shape index (κ1) is 16.3. The number of benzene rings is 1. The van der Waals surface area contributed by atoms with Crippen molar-refractivity contribution in [1.82, 2.24) is 24.6 Å². The lowest BCUT2D eigenvalue weighted by atomic mass is 10.1. The molecule has 2 aliphatic rings. The van der Waals surface area contributed by atoms with Crippen LogP contribution in [-0.2, 0) is 20.0 Å². The van der Waals surface area contributed by atoms with Gasteiger partial charge in [0.2, 0.25) is 0 Å². The third-order valence-corrected chi connectivity index (χ3v) is 5.59. The molecule has 1 amide bonds. The first-order chi connectivity index (χ1) is 13.2. The van der Waals surface area contributed by atoms with Crippen molar-refractivity contribution in [3.8, 4) is 11.3 Å². The molecule has 5 rings (SSSR count). The van der Waals surface area contributed by atoms with E-state index in [9.17, 15) is 4.79 Å². The van der Waals surface area contributed by atoms with Crippen molar-refractivity contribution in [2.24, 2.45) is 7.05 Å². The number of hydrogen-bond donors (Lipinski definition) is 1. The first-order valence-corrected chi connectivity index (χ1v) is 9.63. The van der Waals surface area contributed by atoms with Gasteiger partial charge >= 0.3 is 0 Å². The predicted molar refractivity (Wildman–Crippen MR) is 102 cm³/mol. The molecule has 6 heteroatoms.